The van der Waals surface area contributed by atoms with Gasteiger partial charge >= 0.3 is 6.01 Å². The highest BCUT2D eigenvalue weighted by molar-refractivity contribution is 5.63. The molecule has 10 nitrogen and oxygen atoms in total. The number of methoxy groups -OCH3 is 4. The number of para-hydroxylation sites is 2. The second-order valence-electron chi connectivity index (χ2n) is 5.23. The third kappa shape index (κ3) is 4.47. The summed E-state index contributed by atoms with van der Waals surface area (Å²) in [6.45, 7) is 0. The van der Waals surface area contributed by atoms with Crippen molar-refractivity contribution in [1.82, 2.24) is 19.9 Å². The lowest BCUT2D eigenvalue weighted by Crippen LogP contribution is -2.03. The highest BCUT2D eigenvalue weighted by Crippen LogP contribution is 2.31. The van der Waals surface area contributed by atoms with E-state index in [4.69, 9.17) is 23.7 Å². The molecular weight excluding hydrogens is 366 g/mol. The van der Waals surface area contributed by atoms with Crippen molar-refractivity contribution in [2.45, 2.75) is 0 Å². The topological polar surface area (TPSA) is 110 Å². The van der Waals surface area contributed by atoms with Crippen LogP contribution in [-0.4, -0.2) is 48.4 Å². The Balaban J connectivity index is 1.90. The van der Waals surface area contributed by atoms with Gasteiger partial charge in [-0.2, -0.15) is 19.9 Å². The second-order valence-corrected chi connectivity index (χ2v) is 5.23. The molecule has 0 spiro atoms. The molecule has 1 aromatic carbocycles. The summed E-state index contributed by atoms with van der Waals surface area (Å²) in [4.78, 5) is 16.8. The Bertz CT molecular complexity index is 832. The molecule has 2 heterocycles. The maximum absolute atomic E-state index is 5.82. The van der Waals surface area contributed by atoms with E-state index in [9.17, 15) is 0 Å². The average molecular weight is 385 g/mol. The standard InChI is InChI=1S/C18H19N5O5/c1-24-13-9-14(25-2)21-17(20-13)19-11-7-5-6-8-12(11)28-18-22-15(26-3)10-16(23-18)27-4/h5-10H,1-4H3,(H,19,20,21). The zero-order valence-corrected chi connectivity index (χ0v) is 15.8. The predicted molar refractivity (Wildman–Crippen MR) is 100 cm³/mol. The van der Waals surface area contributed by atoms with Crippen LogP contribution in [0.3, 0.4) is 0 Å². The molecule has 0 atom stereocenters. The summed E-state index contributed by atoms with van der Waals surface area (Å²) < 4.78 is 26.4. The van der Waals surface area contributed by atoms with Gasteiger partial charge in [0.15, 0.2) is 5.75 Å². The van der Waals surface area contributed by atoms with Crippen molar-refractivity contribution in [2.75, 3.05) is 33.8 Å². The summed E-state index contributed by atoms with van der Waals surface area (Å²) in [7, 11) is 6.01. The van der Waals surface area contributed by atoms with Crippen LogP contribution in [0.15, 0.2) is 36.4 Å². The van der Waals surface area contributed by atoms with Crippen LogP contribution in [-0.2, 0) is 0 Å². The van der Waals surface area contributed by atoms with E-state index in [2.05, 4.69) is 25.3 Å². The second kappa shape index (κ2) is 8.71. The van der Waals surface area contributed by atoms with Crippen LogP contribution < -0.4 is 29.0 Å². The van der Waals surface area contributed by atoms with Crippen molar-refractivity contribution < 1.29 is 23.7 Å². The van der Waals surface area contributed by atoms with Crippen LogP contribution in [0.25, 0.3) is 0 Å². The SMILES string of the molecule is COc1cc(OC)nc(Nc2ccccc2Oc2nc(OC)cc(OC)n2)n1. The van der Waals surface area contributed by atoms with Gasteiger partial charge in [-0.3, -0.25) is 0 Å². The monoisotopic (exact) mass is 385 g/mol. The van der Waals surface area contributed by atoms with E-state index in [-0.39, 0.29) is 12.0 Å². The number of hydrogen-bond acceptors (Lipinski definition) is 10. The molecule has 0 radical (unpaired) electrons. The lowest BCUT2D eigenvalue weighted by Gasteiger charge is -2.13. The van der Waals surface area contributed by atoms with Crippen LogP contribution in [0.1, 0.15) is 0 Å². The maximum atomic E-state index is 5.82. The van der Waals surface area contributed by atoms with Crippen LogP contribution >= 0.6 is 0 Å². The Morgan fingerprint density at radius 3 is 1.71 bits per heavy atom. The van der Waals surface area contributed by atoms with Crippen molar-refractivity contribution in [1.29, 1.82) is 0 Å². The summed E-state index contributed by atoms with van der Waals surface area (Å²) >= 11 is 0. The highest BCUT2D eigenvalue weighted by Gasteiger charge is 2.12. The molecule has 0 fully saturated rings. The maximum Gasteiger partial charge on any atom is 0.328 e. The molecule has 10 heteroatoms. The van der Waals surface area contributed by atoms with Gasteiger partial charge in [0.05, 0.1) is 46.3 Å². The minimum Gasteiger partial charge on any atom is -0.481 e. The van der Waals surface area contributed by atoms with Crippen molar-refractivity contribution >= 4 is 11.6 Å². The molecular formula is C18H19N5O5. The smallest absolute Gasteiger partial charge is 0.328 e. The Morgan fingerprint density at radius 1 is 0.679 bits per heavy atom. The third-order valence-electron chi connectivity index (χ3n) is 3.51. The molecule has 0 unspecified atom stereocenters. The summed E-state index contributed by atoms with van der Waals surface area (Å²) in [5.41, 5.74) is 0.586. The van der Waals surface area contributed by atoms with Gasteiger partial charge in [-0.05, 0) is 12.1 Å². The number of hydrogen-bond donors (Lipinski definition) is 1. The van der Waals surface area contributed by atoms with Crippen molar-refractivity contribution in [2.24, 2.45) is 0 Å². The molecule has 28 heavy (non-hydrogen) atoms. The van der Waals surface area contributed by atoms with E-state index in [1.54, 1.807) is 24.3 Å². The molecule has 146 valence electrons. The predicted octanol–water partition coefficient (Wildman–Crippen LogP) is 2.84. The zero-order chi connectivity index (χ0) is 19.9. The highest BCUT2D eigenvalue weighted by atomic mass is 16.5. The van der Waals surface area contributed by atoms with E-state index in [1.165, 1.54) is 28.4 Å². The van der Waals surface area contributed by atoms with E-state index < -0.39 is 0 Å². The third-order valence-corrected chi connectivity index (χ3v) is 3.51. The zero-order valence-electron chi connectivity index (χ0n) is 15.8. The number of benzene rings is 1. The van der Waals surface area contributed by atoms with Gasteiger partial charge in [-0.25, -0.2) is 0 Å². The number of ether oxygens (including phenoxy) is 5. The first-order valence-corrected chi connectivity index (χ1v) is 8.13. The van der Waals surface area contributed by atoms with Gasteiger partial charge in [0, 0.05) is 0 Å². The number of nitrogens with one attached hydrogen (secondary N) is 1. The Morgan fingerprint density at radius 2 is 1.18 bits per heavy atom. The average Bonchev–Trinajstić information content (AvgIpc) is 2.74. The Labute approximate surface area is 161 Å². The van der Waals surface area contributed by atoms with E-state index in [1.807, 2.05) is 12.1 Å². The van der Waals surface area contributed by atoms with Crippen molar-refractivity contribution in [3.63, 3.8) is 0 Å². The molecule has 0 amide bonds. The largest absolute Gasteiger partial charge is 0.481 e. The van der Waals surface area contributed by atoms with Gasteiger partial charge in [-0.1, -0.05) is 12.1 Å². The summed E-state index contributed by atoms with van der Waals surface area (Å²) in [5.74, 6) is 2.06. The van der Waals surface area contributed by atoms with Crippen LogP contribution in [0.4, 0.5) is 11.6 Å². The first kappa shape index (κ1) is 19.0. The summed E-state index contributed by atoms with van der Waals surface area (Å²) in [6.07, 6.45) is 0. The first-order chi connectivity index (χ1) is 13.6. The minimum absolute atomic E-state index is 0.0644. The fourth-order valence-electron chi connectivity index (χ4n) is 2.19. The molecule has 0 aliphatic rings. The van der Waals surface area contributed by atoms with Gasteiger partial charge in [0.2, 0.25) is 29.5 Å². The van der Waals surface area contributed by atoms with Crippen molar-refractivity contribution in [3.8, 4) is 35.3 Å². The minimum atomic E-state index is 0.0644. The summed E-state index contributed by atoms with van der Waals surface area (Å²) in [6, 6.07) is 10.4. The molecule has 2 aromatic heterocycles. The van der Waals surface area contributed by atoms with E-state index >= 15 is 0 Å². The lowest BCUT2D eigenvalue weighted by atomic mass is 10.3. The number of nitrogens with zero attached hydrogens (tertiary/aromatic N) is 4. The number of aromatic nitrogens is 4. The molecule has 0 saturated carbocycles. The fourth-order valence-corrected chi connectivity index (χ4v) is 2.19. The Kier molecular flexibility index (Phi) is 5.90. The van der Waals surface area contributed by atoms with Crippen LogP contribution in [0.2, 0.25) is 0 Å². The molecule has 3 rings (SSSR count). The molecule has 0 saturated heterocycles. The fraction of sp³-hybridized carbons (Fsp3) is 0.222. The van der Waals surface area contributed by atoms with Gasteiger partial charge in [-0.15, -0.1) is 0 Å². The first-order valence-electron chi connectivity index (χ1n) is 8.13. The van der Waals surface area contributed by atoms with E-state index in [0.29, 0.717) is 35.0 Å². The lowest BCUT2D eigenvalue weighted by molar-refractivity contribution is 0.348. The Hall–Kier alpha value is -3.82. The van der Waals surface area contributed by atoms with Crippen molar-refractivity contribution in [3.05, 3.63) is 36.4 Å². The summed E-state index contributed by atoms with van der Waals surface area (Å²) in [5, 5.41) is 3.07. The normalized spacial score (nSPS) is 10.1. The van der Waals surface area contributed by atoms with Gasteiger partial charge in [0.1, 0.15) is 0 Å². The molecule has 0 aliphatic heterocycles. The van der Waals surface area contributed by atoms with Crippen LogP contribution in [0, 0.1) is 0 Å². The molecule has 1 N–H and O–H groups in total. The quantitative estimate of drug-likeness (QED) is 0.621. The van der Waals surface area contributed by atoms with Gasteiger partial charge < -0.3 is 29.0 Å². The molecule has 3 aromatic rings. The number of anilines is 2. The molecule has 0 aliphatic carbocycles. The van der Waals surface area contributed by atoms with Crippen LogP contribution in [0.5, 0.6) is 35.3 Å². The molecule has 0 bridgehead atoms. The van der Waals surface area contributed by atoms with E-state index in [0.717, 1.165) is 0 Å². The van der Waals surface area contributed by atoms with Gasteiger partial charge in [0.25, 0.3) is 0 Å². The number of rotatable bonds is 8.